The van der Waals surface area contributed by atoms with Crippen LogP contribution in [-0.4, -0.2) is 26.0 Å². The number of hydrogen-bond acceptors (Lipinski definition) is 3. The molecule has 0 aliphatic carbocycles. The zero-order valence-electron chi connectivity index (χ0n) is 10.2. The minimum absolute atomic E-state index is 0.0452. The first-order valence-corrected chi connectivity index (χ1v) is 5.55. The lowest BCUT2D eigenvalue weighted by atomic mass is 10.1. The van der Waals surface area contributed by atoms with E-state index >= 15 is 0 Å². The summed E-state index contributed by atoms with van der Waals surface area (Å²) in [4.78, 5) is 10.8. The zero-order chi connectivity index (χ0) is 13.3. The maximum absolute atomic E-state index is 10.8. The van der Waals surface area contributed by atoms with Gasteiger partial charge in [0.1, 0.15) is 5.75 Å². The van der Waals surface area contributed by atoms with Crippen molar-refractivity contribution in [1.82, 2.24) is 9.78 Å². The molecule has 0 fully saturated rings. The minimum Gasteiger partial charge on any atom is -0.508 e. The first-order valence-electron chi connectivity index (χ1n) is 5.55. The van der Waals surface area contributed by atoms with Crippen LogP contribution in [0.25, 0.3) is 5.69 Å². The topological polar surface area (TPSA) is 75.3 Å². The molecule has 1 aromatic carbocycles. The molecule has 1 heterocycles. The highest BCUT2D eigenvalue weighted by molar-refractivity contribution is 5.71. The van der Waals surface area contributed by atoms with Crippen LogP contribution in [0.15, 0.2) is 24.3 Å². The minimum atomic E-state index is -0.878. The quantitative estimate of drug-likeness (QED) is 0.866. The van der Waals surface area contributed by atoms with Gasteiger partial charge in [0.2, 0.25) is 0 Å². The van der Waals surface area contributed by atoms with E-state index < -0.39 is 5.97 Å². The average molecular weight is 246 g/mol. The zero-order valence-corrected chi connectivity index (χ0v) is 10.2. The van der Waals surface area contributed by atoms with Crippen LogP contribution < -0.4 is 0 Å². The van der Waals surface area contributed by atoms with Gasteiger partial charge in [-0.3, -0.25) is 4.79 Å². The second-order valence-corrected chi connectivity index (χ2v) is 4.15. The number of aromatic nitrogens is 2. The van der Waals surface area contributed by atoms with Gasteiger partial charge in [-0.05, 0) is 26.0 Å². The lowest BCUT2D eigenvalue weighted by molar-refractivity contribution is -0.136. The number of carboxylic acids is 1. The molecule has 0 radical (unpaired) electrons. The van der Waals surface area contributed by atoms with E-state index in [1.165, 1.54) is 0 Å². The molecule has 0 saturated carbocycles. The van der Waals surface area contributed by atoms with E-state index in [4.69, 9.17) is 5.11 Å². The van der Waals surface area contributed by atoms with Crippen LogP contribution >= 0.6 is 0 Å². The van der Waals surface area contributed by atoms with Gasteiger partial charge < -0.3 is 10.2 Å². The largest absolute Gasteiger partial charge is 0.508 e. The molecule has 1 aromatic heterocycles. The number of nitrogens with zero attached hydrogens (tertiary/aromatic N) is 2. The van der Waals surface area contributed by atoms with E-state index in [1.54, 1.807) is 29.8 Å². The Morgan fingerprint density at radius 1 is 1.39 bits per heavy atom. The Balaban J connectivity index is 2.50. The number of aromatic hydroxyl groups is 1. The number of aryl methyl sites for hydroxylation is 1. The molecular formula is C13H14N2O3. The van der Waals surface area contributed by atoms with Crippen molar-refractivity contribution in [2.45, 2.75) is 20.3 Å². The van der Waals surface area contributed by atoms with Crippen molar-refractivity contribution < 1.29 is 15.0 Å². The van der Waals surface area contributed by atoms with Crippen LogP contribution in [0, 0.1) is 13.8 Å². The molecule has 5 heteroatoms. The van der Waals surface area contributed by atoms with E-state index in [1.807, 2.05) is 13.0 Å². The molecule has 5 nitrogen and oxygen atoms in total. The number of phenols is 1. The van der Waals surface area contributed by atoms with Crippen molar-refractivity contribution in [2.75, 3.05) is 0 Å². The molecule has 0 saturated heterocycles. The first-order chi connectivity index (χ1) is 8.49. The standard InChI is InChI=1S/C13H14N2O3/c1-8-12(7-13(17)18)9(2)15(14-8)10-4-3-5-11(16)6-10/h3-6,16H,7H2,1-2H3,(H,17,18). The molecule has 0 aliphatic rings. The Labute approximate surface area is 104 Å². The molecular weight excluding hydrogens is 232 g/mol. The van der Waals surface area contributed by atoms with Gasteiger partial charge in [0.25, 0.3) is 0 Å². The van der Waals surface area contributed by atoms with E-state index in [0.29, 0.717) is 16.9 Å². The van der Waals surface area contributed by atoms with Gasteiger partial charge >= 0.3 is 5.97 Å². The van der Waals surface area contributed by atoms with E-state index in [0.717, 1.165) is 5.69 Å². The fourth-order valence-corrected chi connectivity index (χ4v) is 1.96. The fourth-order valence-electron chi connectivity index (χ4n) is 1.96. The summed E-state index contributed by atoms with van der Waals surface area (Å²) < 4.78 is 1.65. The van der Waals surface area contributed by atoms with Crippen LogP contribution in [0.2, 0.25) is 0 Å². The van der Waals surface area contributed by atoms with Crippen molar-refractivity contribution >= 4 is 5.97 Å². The molecule has 0 atom stereocenters. The number of hydrogen-bond donors (Lipinski definition) is 2. The average Bonchev–Trinajstić information content (AvgIpc) is 2.56. The highest BCUT2D eigenvalue weighted by atomic mass is 16.4. The van der Waals surface area contributed by atoms with Crippen molar-refractivity contribution in [3.05, 3.63) is 41.2 Å². The first kappa shape index (κ1) is 12.2. The summed E-state index contributed by atoms with van der Waals surface area (Å²) in [5.74, 6) is -0.725. The Hall–Kier alpha value is -2.30. The molecule has 0 bridgehead atoms. The maximum atomic E-state index is 10.8. The lowest BCUT2D eigenvalue weighted by Gasteiger charge is -2.05. The maximum Gasteiger partial charge on any atom is 0.307 e. The monoisotopic (exact) mass is 246 g/mol. The van der Waals surface area contributed by atoms with Crippen molar-refractivity contribution in [3.8, 4) is 11.4 Å². The Morgan fingerprint density at radius 2 is 2.11 bits per heavy atom. The summed E-state index contributed by atoms with van der Waals surface area (Å²) in [5.41, 5.74) is 2.90. The van der Waals surface area contributed by atoms with Gasteiger partial charge in [-0.15, -0.1) is 0 Å². The van der Waals surface area contributed by atoms with Crippen LogP contribution in [0.4, 0.5) is 0 Å². The highest BCUT2D eigenvalue weighted by Gasteiger charge is 2.15. The number of carbonyl (C=O) groups is 1. The van der Waals surface area contributed by atoms with Crippen molar-refractivity contribution in [1.29, 1.82) is 0 Å². The Morgan fingerprint density at radius 3 is 2.72 bits per heavy atom. The third-order valence-corrected chi connectivity index (χ3v) is 2.84. The molecule has 2 rings (SSSR count). The molecule has 0 unspecified atom stereocenters. The van der Waals surface area contributed by atoms with E-state index in [-0.39, 0.29) is 12.2 Å². The second-order valence-electron chi connectivity index (χ2n) is 4.15. The van der Waals surface area contributed by atoms with Gasteiger partial charge in [0.05, 0.1) is 17.8 Å². The van der Waals surface area contributed by atoms with Gasteiger partial charge in [0.15, 0.2) is 0 Å². The summed E-state index contributed by atoms with van der Waals surface area (Å²) in [6.07, 6.45) is -0.0452. The SMILES string of the molecule is Cc1nn(-c2cccc(O)c2)c(C)c1CC(=O)O. The number of benzene rings is 1. The van der Waals surface area contributed by atoms with Crippen molar-refractivity contribution in [2.24, 2.45) is 0 Å². The van der Waals surface area contributed by atoms with Gasteiger partial charge in [-0.1, -0.05) is 6.07 Å². The fraction of sp³-hybridized carbons (Fsp3) is 0.231. The van der Waals surface area contributed by atoms with Crippen molar-refractivity contribution in [3.63, 3.8) is 0 Å². The number of aliphatic carboxylic acids is 1. The van der Waals surface area contributed by atoms with E-state index in [2.05, 4.69) is 5.10 Å². The molecule has 0 amide bonds. The van der Waals surface area contributed by atoms with Crippen LogP contribution in [0.3, 0.4) is 0 Å². The predicted octanol–water partition coefficient (Wildman–Crippen LogP) is 1.82. The molecule has 18 heavy (non-hydrogen) atoms. The third kappa shape index (κ3) is 2.20. The molecule has 2 aromatic rings. The van der Waals surface area contributed by atoms with E-state index in [9.17, 15) is 9.90 Å². The van der Waals surface area contributed by atoms with Crippen LogP contribution in [0.5, 0.6) is 5.75 Å². The Kier molecular flexibility index (Phi) is 3.06. The molecule has 0 spiro atoms. The number of carboxylic acid groups (broad SMARTS) is 1. The van der Waals surface area contributed by atoms with Crippen LogP contribution in [-0.2, 0) is 11.2 Å². The highest BCUT2D eigenvalue weighted by Crippen LogP contribution is 2.20. The summed E-state index contributed by atoms with van der Waals surface area (Å²) in [6.45, 7) is 3.60. The van der Waals surface area contributed by atoms with Gasteiger partial charge in [0, 0.05) is 17.3 Å². The molecule has 94 valence electrons. The normalized spacial score (nSPS) is 10.6. The smallest absolute Gasteiger partial charge is 0.307 e. The molecule has 2 N–H and O–H groups in total. The summed E-state index contributed by atoms with van der Waals surface area (Å²) >= 11 is 0. The van der Waals surface area contributed by atoms with Gasteiger partial charge in [-0.2, -0.15) is 5.10 Å². The predicted molar refractivity (Wildman–Crippen MR) is 66.0 cm³/mol. The summed E-state index contributed by atoms with van der Waals surface area (Å²) in [7, 11) is 0. The second kappa shape index (κ2) is 4.52. The lowest BCUT2D eigenvalue weighted by Crippen LogP contribution is -2.03. The number of phenolic OH excluding ortho intramolecular Hbond substituents is 1. The summed E-state index contributed by atoms with van der Waals surface area (Å²) in [5, 5.41) is 22.6. The van der Waals surface area contributed by atoms with Crippen LogP contribution in [0.1, 0.15) is 17.0 Å². The van der Waals surface area contributed by atoms with Gasteiger partial charge in [-0.25, -0.2) is 4.68 Å². The summed E-state index contributed by atoms with van der Waals surface area (Å²) in [6, 6.07) is 6.69. The third-order valence-electron chi connectivity index (χ3n) is 2.84. The Bertz CT molecular complexity index is 602. The molecule has 0 aliphatic heterocycles. The number of rotatable bonds is 3.